The number of aryl methyl sites for hydroxylation is 3. The number of sulfonamides is 1. The van der Waals surface area contributed by atoms with Crippen LogP contribution in [-0.2, 0) is 10.0 Å². The molecule has 122 valence electrons. The topological polar surface area (TPSA) is 57.6 Å². The fourth-order valence-corrected chi connectivity index (χ4v) is 4.53. The summed E-state index contributed by atoms with van der Waals surface area (Å²) < 4.78 is 27.5. The van der Waals surface area contributed by atoms with Gasteiger partial charge in [-0.3, -0.25) is 4.31 Å². The van der Waals surface area contributed by atoms with Crippen LogP contribution in [0.15, 0.2) is 41.3 Å². The van der Waals surface area contributed by atoms with Crippen LogP contribution in [0.25, 0.3) is 0 Å². The van der Waals surface area contributed by atoms with Gasteiger partial charge >= 0.3 is 0 Å². The Bertz CT molecular complexity index is 859. The van der Waals surface area contributed by atoms with Gasteiger partial charge in [-0.2, -0.15) is 0 Å². The highest BCUT2D eigenvalue weighted by molar-refractivity contribution is 7.92. The Morgan fingerprint density at radius 3 is 2.48 bits per heavy atom. The number of aliphatic hydroxyl groups is 1. The van der Waals surface area contributed by atoms with Crippen molar-refractivity contribution in [3.63, 3.8) is 0 Å². The van der Waals surface area contributed by atoms with Crippen molar-refractivity contribution in [2.24, 2.45) is 0 Å². The van der Waals surface area contributed by atoms with Gasteiger partial charge in [0.1, 0.15) is 0 Å². The van der Waals surface area contributed by atoms with E-state index in [1.165, 1.54) is 4.31 Å². The van der Waals surface area contributed by atoms with E-state index in [4.69, 9.17) is 0 Å². The fourth-order valence-electron chi connectivity index (χ4n) is 2.93. The summed E-state index contributed by atoms with van der Waals surface area (Å²) in [5.74, 6) is 0. The first-order chi connectivity index (χ1) is 10.8. The Kier molecular flexibility index (Phi) is 3.94. The van der Waals surface area contributed by atoms with E-state index in [9.17, 15) is 13.5 Å². The molecular weight excluding hydrogens is 310 g/mol. The number of anilines is 1. The summed E-state index contributed by atoms with van der Waals surface area (Å²) >= 11 is 0. The van der Waals surface area contributed by atoms with Crippen molar-refractivity contribution in [3.8, 4) is 0 Å². The molecule has 0 spiro atoms. The van der Waals surface area contributed by atoms with Crippen LogP contribution in [0.5, 0.6) is 0 Å². The lowest BCUT2D eigenvalue weighted by atomic mass is 9.99. The lowest BCUT2D eigenvalue weighted by Gasteiger charge is -2.33. The minimum Gasteiger partial charge on any atom is -0.388 e. The van der Waals surface area contributed by atoms with Crippen molar-refractivity contribution in [2.45, 2.75) is 38.2 Å². The van der Waals surface area contributed by atoms with E-state index in [1.807, 2.05) is 39.0 Å². The molecule has 0 aromatic heterocycles. The Hall–Kier alpha value is -1.85. The van der Waals surface area contributed by atoms with Gasteiger partial charge in [0.15, 0.2) is 0 Å². The lowest BCUT2D eigenvalue weighted by molar-refractivity contribution is 0.166. The summed E-state index contributed by atoms with van der Waals surface area (Å²) in [6, 6.07) is 10.7. The first-order valence-corrected chi connectivity index (χ1v) is 9.13. The van der Waals surface area contributed by atoms with Crippen LogP contribution in [0.1, 0.15) is 34.8 Å². The van der Waals surface area contributed by atoms with Gasteiger partial charge in [-0.05, 0) is 56.5 Å². The molecule has 0 saturated carbocycles. The summed E-state index contributed by atoms with van der Waals surface area (Å²) in [7, 11) is -3.63. The molecule has 0 amide bonds. The summed E-state index contributed by atoms with van der Waals surface area (Å²) in [6.07, 6.45) is -0.211. The summed E-state index contributed by atoms with van der Waals surface area (Å²) in [5.41, 5.74) is 4.28. The summed E-state index contributed by atoms with van der Waals surface area (Å²) in [4.78, 5) is 0.295. The minimum atomic E-state index is -3.63. The second kappa shape index (κ2) is 5.65. The first-order valence-electron chi connectivity index (χ1n) is 7.69. The third-order valence-corrected chi connectivity index (χ3v) is 6.29. The van der Waals surface area contributed by atoms with Gasteiger partial charge < -0.3 is 5.11 Å². The molecule has 1 N–H and O–H groups in total. The zero-order valence-corrected chi connectivity index (χ0v) is 14.4. The first kappa shape index (κ1) is 16.0. The second-order valence-corrected chi connectivity index (χ2v) is 8.05. The Morgan fingerprint density at radius 1 is 1.04 bits per heavy atom. The maximum atomic E-state index is 13.0. The fraction of sp³-hybridized carbons (Fsp3) is 0.333. The normalized spacial score (nSPS) is 17.9. The number of hydrogen-bond acceptors (Lipinski definition) is 3. The van der Waals surface area contributed by atoms with Crippen LogP contribution in [0.3, 0.4) is 0 Å². The van der Waals surface area contributed by atoms with Gasteiger partial charge in [0, 0.05) is 12.1 Å². The molecule has 0 saturated heterocycles. The van der Waals surface area contributed by atoms with Gasteiger partial charge in [0.05, 0.1) is 16.7 Å². The molecule has 0 radical (unpaired) electrons. The molecule has 1 heterocycles. The summed E-state index contributed by atoms with van der Waals surface area (Å²) in [6.45, 7) is 6.09. The van der Waals surface area contributed by atoms with Crippen molar-refractivity contribution < 1.29 is 13.5 Å². The smallest absolute Gasteiger partial charge is 0.264 e. The maximum absolute atomic E-state index is 13.0. The van der Waals surface area contributed by atoms with Crippen LogP contribution < -0.4 is 4.31 Å². The van der Waals surface area contributed by atoms with Gasteiger partial charge in [0.2, 0.25) is 0 Å². The molecule has 1 aliphatic heterocycles. The predicted molar refractivity (Wildman–Crippen MR) is 91.2 cm³/mol. The highest BCUT2D eigenvalue weighted by Crippen LogP contribution is 2.37. The van der Waals surface area contributed by atoms with Crippen molar-refractivity contribution in [2.75, 3.05) is 10.8 Å². The molecule has 5 heteroatoms. The predicted octanol–water partition coefficient (Wildman–Crippen LogP) is 3.24. The number of aliphatic hydroxyl groups excluding tert-OH is 1. The minimum absolute atomic E-state index is 0.284. The van der Waals surface area contributed by atoms with Crippen molar-refractivity contribution in [1.29, 1.82) is 0 Å². The molecule has 0 bridgehead atoms. The van der Waals surface area contributed by atoms with E-state index in [0.717, 1.165) is 16.7 Å². The lowest BCUT2D eigenvalue weighted by Crippen LogP contribution is -2.36. The highest BCUT2D eigenvalue weighted by Gasteiger charge is 2.32. The van der Waals surface area contributed by atoms with Crippen LogP contribution in [0, 0.1) is 20.8 Å². The number of benzene rings is 2. The molecule has 4 nitrogen and oxygen atoms in total. The molecule has 2 aromatic rings. The van der Waals surface area contributed by atoms with Crippen LogP contribution in [-0.4, -0.2) is 20.1 Å². The average Bonchev–Trinajstić information content (AvgIpc) is 2.50. The molecule has 2 aromatic carbocycles. The Morgan fingerprint density at radius 2 is 1.78 bits per heavy atom. The number of fused-ring (bicyclic) bond motifs is 1. The number of hydrogen-bond donors (Lipinski definition) is 1. The van der Waals surface area contributed by atoms with Gasteiger partial charge in [-0.25, -0.2) is 8.42 Å². The van der Waals surface area contributed by atoms with Crippen LogP contribution in [0.4, 0.5) is 5.69 Å². The molecular formula is C18H21NO3S. The van der Waals surface area contributed by atoms with Gasteiger partial charge in [-0.1, -0.05) is 23.8 Å². The summed E-state index contributed by atoms with van der Waals surface area (Å²) in [5, 5.41) is 10.2. The third-order valence-electron chi connectivity index (χ3n) is 4.48. The zero-order valence-electron chi connectivity index (χ0n) is 13.6. The molecule has 0 aliphatic carbocycles. The van der Waals surface area contributed by atoms with Crippen molar-refractivity contribution >= 4 is 15.7 Å². The average molecular weight is 331 g/mol. The highest BCUT2D eigenvalue weighted by atomic mass is 32.2. The third kappa shape index (κ3) is 2.75. The largest absolute Gasteiger partial charge is 0.388 e. The van der Waals surface area contributed by atoms with Gasteiger partial charge in [0.25, 0.3) is 10.0 Å². The van der Waals surface area contributed by atoms with E-state index in [2.05, 4.69) is 0 Å². The SMILES string of the molecule is Cc1ccc2c(c1)C(O)CCN2S(=O)(=O)c1ccc(C)c(C)c1. The molecule has 1 unspecified atom stereocenters. The van der Waals surface area contributed by atoms with E-state index >= 15 is 0 Å². The van der Waals surface area contributed by atoms with E-state index < -0.39 is 16.1 Å². The van der Waals surface area contributed by atoms with E-state index in [0.29, 0.717) is 22.6 Å². The monoisotopic (exact) mass is 331 g/mol. The molecule has 3 rings (SSSR count). The van der Waals surface area contributed by atoms with E-state index in [1.54, 1.807) is 18.2 Å². The van der Waals surface area contributed by atoms with Crippen molar-refractivity contribution in [3.05, 3.63) is 58.7 Å². The standard InChI is InChI=1S/C18H21NO3S/c1-12-4-7-17-16(10-12)18(20)8-9-19(17)23(21,22)15-6-5-13(2)14(3)11-15/h4-7,10-11,18,20H,8-9H2,1-3H3. The number of rotatable bonds is 2. The quantitative estimate of drug-likeness (QED) is 0.919. The molecule has 23 heavy (non-hydrogen) atoms. The Labute approximate surface area is 137 Å². The molecule has 0 fully saturated rings. The van der Waals surface area contributed by atoms with Crippen molar-refractivity contribution in [1.82, 2.24) is 0 Å². The molecule has 1 aliphatic rings. The van der Waals surface area contributed by atoms with E-state index in [-0.39, 0.29) is 6.54 Å². The number of nitrogens with zero attached hydrogens (tertiary/aromatic N) is 1. The van der Waals surface area contributed by atoms with Gasteiger partial charge in [-0.15, -0.1) is 0 Å². The molecule has 1 atom stereocenters. The van der Waals surface area contributed by atoms with Crippen LogP contribution in [0.2, 0.25) is 0 Å². The maximum Gasteiger partial charge on any atom is 0.264 e. The van der Waals surface area contributed by atoms with Crippen LogP contribution >= 0.6 is 0 Å². The zero-order chi connectivity index (χ0) is 16.8. The Balaban J connectivity index is 2.11. The second-order valence-electron chi connectivity index (χ2n) is 6.19.